The quantitative estimate of drug-likeness (QED) is 0.733. The average Bonchev–Trinajstić information content (AvgIpc) is 2.53. The van der Waals surface area contributed by atoms with Gasteiger partial charge in [0.2, 0.25) is 0 Å². The lowest BCUT2D eigenvalue weighted by atomic mass is 10.3. The highest BCUT2D eigenvalue weighted by atomic mass is 79.9. The monoisotopic (exact) mass is 236 g/mol. The molecule has 12 heavy (non-hydrogen) atoms. The van der Waals surface area contributed by atoms with Crippen molar-refractivity contribution >= 4 is 15.9 Å². The van der Waals surface area contributed by atoms with Gasteiger partial charge in [-0.15, -0.1) is 0 Å². The molecule has 0 aromatic carbocycles. The molecule has 0 atom stereocenters. The van der Waals surface area contributed by atoms with Crippen molar-refractivity contribution in [2.24, 2.45) is 0 Å². The summed E-state index contributed by atoms with van der Waals surface area (Å²) in [6.07, 6.45) is -0.623. The van der Waals surface area contributed by atoms with Crippen molar-refractivity contribution < 1.29 is 8.78 Å². The van der Waals surface area contributed by atoms with E-state index in [-0.39, 0.29) is 5.69 Å². The van der Waals surface area contributed by atoms with E-state index in [0.717, 1.165) is 25.1 Å². The van der Waals surface area contributed by atoms with Crippen LogP contribution in [0.1, 0.15) is 24.2 Å². The van der Waals surface area contributed by atoms with Crippen molar-refractivity contribution in [2.45, 2.75) is 25.8 Å². The summed E-state index contributed by atoms with van der Waals surface area (Å²) in [5.41, 5.74) is 0.787. The Bertz CT molecular complexity index is 309. The van der Waals surface area contributed by atoms with Gasteiger partial charge in [-0.3, -0.25) is 4.68 Å². The Morgan fingerprint density at radius 2 is 2.25 bits per heavy atom. The largest absolute Gasteiger partial charge is 0.283 e. The predicted octanol–water partition coefficient (Wildman–Crippen LogP) is 2.53. The fraction of sp³-hybridized carbons (Fsp3) is 0.571. The number of aromatic nitrogens is 2. The van der Waals surface area contributed by atoms with Crippen LogP contribution in [0.4, 0.5) is 8.78 Å². The van der Waals surface area contributed by atoms with Crippen LogP contribution in [0, 0.1) is 0 Å². The van der Waals surface area contributed by atoms with Crippen LogP contribution in [-0.2, 0) is 13.0 Å². The number of nitrogens with zero attached hydrogens (tertiary/aromatic N) is 2. The molecule has 0 radical (unpaired) electrons. The first-order chi connectivity index (χ1) is 5.70. The zero-order valence-electron chi connectivity index (χ0n) is 6.23. The maximum absolute atomic E-state index is 12.3. The number of fused-ring (bicyclic) bond motifs is 1. The van der Waals surface area contributed by atoms with Crippen molar-refractivity contribution in [2.75, 3.05) is 0 Å². The fourth-order valence-corrected chi connectivity index (χ4v) is 2.11. The molecule has 2 rings (SSSR count). The number of alkyl halides is 2. The highest BCUT2D eigenvalue weighted by Crippen LogP contribution is 2.32. The third-order valence-corrected chi connectivity index (χ3v) is 2.87. The lowest BCUT2D eigenvalue weighted by molar-refractivity contribution is 0.144. The first-order valence-corrected chi connectivity index (χ1v) is 4.52. The molecule has 1 aliphatic heterocycles. The molecule has 0 unspecified atom stereocenters. The zero-order valence-corrected chi connectivity index (χ0v) is 7.81. The molecule has 1 aliphatic rings. The standard InChI is InChI=1S/C7H7BrF2N2/c8-5-4-2-1-3-12(4)11-6(5)7(9)10/h7H,1-3H2. The molecule has 0 amide bonds. The van der Waals surface area contributed by atoms with Crippen molar-refractivity contribution in [1.29, 1.82) is 0 Å². The minimum atomic E-state index is -2.47. The van der Waals surface area contributed by atoms with Gasteiger partial charge >= 0.3 is 0 Å². The molecular weight excluding hydrogens is 230 g/mol. The van der Waals surface area contributed by atoms with Gasteiger partial charge < -0.3 is 0 Å². The van der Waals surface area contributed by atoms with Crippen LogP contribution in [0.15, 0.2) is 4.47 Å². The molecule has 66 valence electrons. The third kappa shape index (κ3) is 1.07. The van der Waals surface area contributed by atoms with E-state index < -0.39 is 6.43 Å². The van der Waals surface area contributed by atoms with Gasteiger partial charge in [0.25, 0.3) is 6.43 Å². The Balaban J connectivity index is 2.47. The van der Waals surface area contributed by atoms with Crippen LogP contribution in [0.25, 0.3) is 0 Å². The highest BCUT2D eigenvalue weighted by molar-refractivity contribution is 9.10. The predicted molar refractivity (Wildman–Crippen MR) is 43.2 cm³/mol. The number of hydrogen-bond acceptors (Lipinski definition) is 1. The fourth-order valence-electron chi connectivity index (χ4n) is 1.45. The van der Waals surface area contributed by atoms with Gasteiger partial charge in [0.15, 0.2) is 0 Å². The van der Waals surface area contributed by atoms with Crippen LogP contribution in [0.2, 0.25) is 0 Å². The Kier molecular flexibility index (Phi) is 1.90. The summed E-state index contributed by atoms with van der Waals surface area (Å²) in [7, 11) is 0. The number of halogens is 3. The second-order valence-corrected chi connectivity index (χ2v) is 3.57. The van der Waals surface area contributed by atoms with Crippen molar-refractivity contribution in [1.82, 2.24) is 9.78 Å². The van der Waals surface area contributed by atoms with Crippen molar-refractivity contribution in [3.05, 3.63) is 15.9 Å². The van der Waals surface area contributed by atoms with Crippen LogP contribution in [0.3, 0.4) is 0 Å². The number of rotatable bonds is 1. The minimum Gasteiger partial charge on any atom is -0.268 e. The van der Waals surface area contributed by atoms with Crippen molar-refractivity contribution in [3.63, 3.8) is 0 Å². The van der Waals surface area contributed by atoms with Gasteiger partial charge in [0.05, 0.1) is 10.2 Å². The van der Waals surface area contributed by atoms with Gasteiger partial charge in [-0.2, -0.15) is 5.10 Å². The Morgan fingerprint density at radius 1 is 1.50 bits per heavy atom. The van der Waals surface area contributed by atoms with Gasteiger partial charge in [-0.05, 0) is 28.8 Å². The SMILES string of the molecule is FC(F)c1nn2c(c1Br)CCC2. The molecule has 1 aromatic heterocycles. The van der Waals surface area contributed by atoms with Gasteiger partial charge in [0.1, 0.15) is 5.69 Å². The van der Waals surface area contributed by atoms with Crippen molar-refractivity contribution in [3.8, 4) is 0 Å². The van der Waals surface area contributed by atoms with E-state index in [1.807, 2.05) is 0 Å². The van der Waals surface area contributed by atoms with E-state index in [0.29, 0.717) is 4.47 Å². The van der Waals surface area contributed by atoms with Crippen LogP contribution < -0.4 is 0 Å². The summed E-state index contributed by atoms with van der Waals surface area (Å²) in [6.45, 7) is 0.765. The zero-order chi connectivity index (χ0) is 8.72. The van der Waals surface area contributed by atoms with Gasteiger partial charge in [-0.1, -0.05) is 0 Å². The molecule has 0 aliphatic carbocycles. The third-order valence-electron chi connectivity index (χ3n) is 2.01. The summed E-state index contributed by atoms with van der Waals surface area (Å²) in [4.78, 5) is 0. The van der Waals surface area contributed by atoms with Crippen LogP contribution in [-0.4, -0.2) is 9.78 Å². The molecule has 2 heterocycles. The summed E-state index contributed by atoms with van der Waals surface area (Å²) in [5.74, 6) is 0. The number of hydrogen-bond donors (Lipinski definition) is 0. The summed E-state index contributed by atoms with van der Waals surface area (Å²) in [6, 6.07) is 0. The lowest BCUT2D eigenvalue weighted by Crippen LogP contribution is -1.95. The number of aryl methyl sites for hydroxylation is 1. The molecular formula is C7H7BrF2N2. The Labute approximate surface area is 76.7 Å². The highest BCUT2D eigenvalue weighted by Gasteiger charge is 2.24. The molecule has 0 N–H and O–H groups in total. The second kappa shape index (κ2) is 2.80. The van der Waals surface area contributed by atoms with E-state index in [1.165, 1.54) is 0 Å². The van der Waals surface area contributed by atoms with Crippen LogP contribution >= 0.6 is 15.9 Å². The smallest absolute Gasteiger partial charge is 0.268 e. The van der Waals surface area contributed by atoms with E-state index in [2.05, 4.69) is 21.0 Å². The molecule has 1 aromatic rings. The normalized spacial score (nSPS) is 15.7. The van der Waals surface area contributed by atoms with E-state index >= 15 is 0 Å². The first kappa shape index (κ1) is 8.16. The van der Waals surface area contributed by atoms with E-state index in [9.17, 15) is 8.78 Å². The van der Waals surface area contributed by atoms with E-state index in [4.69, 9.17) is 0 Å². The van der Waals surface area contributed by atoms with Gasteiger partial charge in [-0.25, -0.2) is 8.78 Å². The molecule has 0 fully saturated rings. The summed E-state index contributed by atoms with van der Waals surface area (Å²) >= 11 is 3.14. The van der Waals surface area contributed by atoms with Gasteiger partial charge in [0, 0.05) is 6.54 Å². The Morgan fingerprint density at radius 3 is 2.83 bits per heavy atom. The molecule has 5 heteroatoms. The lowest BCUT2D eigenvalue weighted by Gasteiger charge is -1.93. The molecule has 0 saturated carbocycles. The molecule has 2 nitrogen and oxygen atoms in total. The van der Waals surface area contributed by atoms with Crippen LogP contribution in [0.5, 0.6) is 0 Å². The maximum Gasteiger partial charge on any atom is 0.283 e. The summed E-state index contributed by atoms with van der Waals surface area (Å²) in [5, 5.41) is 3.81. The maximum atomic E-state index is 12.3. The van der Waals surface area contributed by atoms with E-state index in [1.54, 1.807) is 4.68 Å². The molecule has 0 saturated heterocycles. The Hall–Kier alpha value is -0.450. The second-order valence-electron chi connectivity index (χ2n) is 2.77. The summed E-state index contributed by atoms with van der Waals surface area (Å²) < 4.78 is 26.7. The molecule has 0 spiro atoms. The average molecular weight is 237 g/mol. The minimum absolute atomic E-state index is 0.121. The topological polar surface area (TPSA) is 17.8 Å². The molecule has 0 bridgehead atoms. The first-order valence-electron chi connectivity index (χ1n) is 3.73.